The van der Waals surface area contributed by atoms with Gasteiger partial charge in [-0.05, 0) is 13.0 Å². The van der Waals surface area contributed by atoms with Crippen molar-refractivity contribution in [2.24, 2.45) is 0 Å². The standard InChI is InChI=1S/C12H11F2N3/c1-8-12(16-5-4-15-8)17-7-9-2-3-10(13)6-11(9)14/h2-6H,7H2,1H3,(H,16,17). The Morgan fingerprint density at radius 3 is 2.65 bits per heavy atom. The molecule has 1 N–H and O–H groups in total. The van der Waals surface area contributed by atoms with Crippen LogP contribution >= 0.6 is 0 Å². The van der Waals surface area contributed by atoms with E-state index < -0.39 is 11.6 Å². The molecule has 17 heavy (non-hydrogen) atoms. The minimum absolute atomic E-state index is 0.242. The second kappa shape index (κ2) is 4.86. The molecule has 2 aromatic rings. The van der Waals surface area contributed by atoms with Crippen molar-refractivity contribution in [3.8, 4) is 0 Å². The number of hydrogen-bond donors (Lipinski definition) is 1. The van der Waals surface area contributed by atoms with Crippen molar-refractivity contribution in [2.45, 2.75) is 13.5 Å². The van der Waals surface area contributed by atoms with Gasteiger partial charge in [0.05, 0.1) is 5.69 Å². The van der Waals surface area contributed by atoms with E-state index in [1.54, 1.807) is 19.3 Å². The average Bonchev–Trinajstić information content (AvgIpc) is 2.30. The third kappa shape index (κ3) is 2.75. The van der Waals surface area contributed by atoms with Crippen molar-refractivity contribution < 1.29 is 8.78 Å². The zero-order valence-corrected chi connectivity index (χ0v) is 9.24. The van der Waals surface area contributed by atoms with E-state index in [1.807, 2.05) is 0 Å². The molecule has 0 aliphatic carbocycles. The van der Waals surface area contributed by atoms with Gasteiger partial charge in [0, 0.05) is 30.6 Å². The van der Waals surface area contributed by atoms with Crippen molar-refractivity contribution in [2.75, 3.05) is 5.32 Å². The van der Waals surface area contributed by atoms with Crippen molar-refractivity contribution in [3.63, 3.8) is 0 Å². The lowest BCUT2D eigenvalue weighted by Crippen LogP contribution is -2.05. The van der Waals surface area contributed by atoms with Gasteiger partial charge in [0.25, 0.3) is 0 Å². The second-order valence-corrected chi connectivity index (χ2v) is 3.58. The number of hydrogen-bond acceptors (Lipinski definition) is 3. The third-order valence-electron chi connectivity index (χ3n) is 2.34. The first-order valence-electron chi connectivity index (χ1n) is 5.12. The maximum Gasteiger partial charge on any atom is 0.147 e. The molecule has 0 saturated heterocycles. The minimum Gasteiger partial charge on any atom is -0.364 e. The fourth-order valence-electron chi connectivity index (χ4n) is 1.43. The monoisotopic (exact) mass is 235 g/mol. The number of rotatable bonds is 3. The van der Waals surface area contributed by atoms with E-state index in [0.29, 0.717) is 11.4 Å². The van der Waals surface area contributed by atoms with Crippen molar-refractivity contribution in [1.82, 2.24) is 9.97 Å². The summed E-state index contributed by atoms with van der Waals surface area (Å²) in [7, 11) is 0. The van der Waals surface area contributed by atoms with Gasteiger partial charge >= 0.3 is 0 Å². The largest absolute Gasteiger partial charge is 0.364 e. The number of aromatic nitrogens is 2. The highest BCUT2D eigenvalue weighted by molar-refractivity contribution is 5.39. The molecule has 0 radical (unpaired) electrons. The molecular weight excluding hydrogens is 224 g/mol. The lowest BCUT2D eigenvalue weighted by Gasteiger charge is -2.08. The van der Waals surface area contributed by atoms with Crippen molar-refractivity contribution >= 4 is 5.82 Å². The van der Waals surface area contributed by atoms with E-state index in [2.05, 4.69) is 15.3 Å². The second-order valence-electron chi connectivity index (χ2n) is 3.58. The van der Waals surface area contributed by atoms with Gasteiger partial charge in [0.15, 0.2) is 0 Å². The molecule has 0 aliphatic rings. The molecule has 1 heterocycles. The van der Waals surface area contributed by atoms with Crippen molar-refractivity contribution in [3.05, 3.63) is 53.5 Å². The zero-order chi connectivity index (χ0) is 12.3. The van der Waals surface area contributed by atoms with Gasteiger partial charge in [0.1, 0.15) is 17.5 Å². The summed E-state index contributed by atoms with van der Waals surface area (Å²) >= 11 is 0. The maximum atomic E-state index is 13.3. The maximum absolute atomic E-state index is 13.3. The van der Waals surface area contributed by atoms with Crippen LogP contribution in [0.5, 0.6) is 0 Å². The summed E-state index contributed by atoms with van der Waals surface area (Å²) < 4.78 is 26.0. The fourth-order valence-corrected chi connectivity index (χ4v) is 1.43. The van der Waals surface area contributed by atoms with E-state index in [4.69, 9.17) is 0 Å². The fraction of sp³-hybridized carbons (Fsp3) is 0.167. The van der Waals surface area contributed by atoms with E-state index >= 15 is 0 Å². The molecule has 0 unspecified atom stereocenters. The van der Waals surface area contributed by atoms with Crippen LogP contribution < -0.4 is 5.32 Å². The molecule has 2 rings (SSSR count). The zero-order valence-electron chi connectivity index (χ0n) is 9.24. The number of nitrogens with one attached hydrogen (secondary N) is 1. The van der Waals surface area contributed by atoms with Gasteiger partial charge in [0.2, 0.25) is 0 Å². The number of anilines is 1. The highest BCUT2D eigenvalue weighted by Gasteiger charge is 2.05. The van der Waals surface area contributed by atoms with Gasteiger partial charge in [-0.1, -0.05) is 6.07 Å². The molecule has 0 aliphatic heterocycles. The molecule has 1 aromatic heterocycles. The Balaban J connectivity index is 2.10. The molecule has 0 atom stereocenters. The summed E-state index contributed by atoms with van der Waals surface area (Å²) in [6.07, 6.45) is 3.13. The summed E-state index contributed by atoms with van der Waals surface area (Å²) in [5.41, 5.74) is 1.12. The van der Waals surface area contributed by atoms with Gasteiger partial charge in [-0.15, -0.1) is 0 Å². The molecule has 0 bridgehead atoms. The van der Waals surface area contributed by atoms with Crippen LogP contribution in [0.4, 0.5) is 14.6 Å². The van der Waals surface area contributed by atoms with Gasteiger partial charge in [-0.2, -0.15) is 0 Å². The molecule has 0 amide bonds. The van der Waals surface area contributed by atoms with E-state index in [9.17, 15) is 8.78 Å². The summed E-state index contributed by atoms with van der Waals surface area (Å²) in [6, 6.07) is 3.49. The highest BCUT2D eigenvalue weighted by atomic mass is 19.1. The van der Waals surface area contributed by atoms with Crippen LogP contribution in [-0.4, -0.2) is 9.97 Å². The lowest BCUT2D eigenvalue weighted by molar-refractivity contribution is 0.574. The quantitative estimate of drug-likeness (QED) is 0.888. The van der Waals surface area contributed by atoms with Crippen LogP contribution in [0.15, 0.2) is 30.6 Å². The summed E-state index contributed by atoms with van der Waals surface area (Å²) in [4.78, 5) is 8.12. The molecule has 0 spiro atoms. The van der Waals surface area contributed by atoms with Crippen LogP contribution in [0.2, 0.25) is 0 Å². The topological polar surface area (TPSA) is 37.8 Å². The van der Waals surface area contributed by atoms with Gasteiger partial charge in [-0.25, -0.2) is 13.8 Å². The minimum atomic E-state index is -0.582. The first-order chi connectivity index (χ1) is 8.16. The molecule has 0 saturated carbocycles. The number of benzene rings is 1. The number of nitrogens with zero attached hydrogens (tertiary/aromatic N) is 2. The number of aryl methyl sites for hydroxylation is 1. The first kappa shape index (κ1) is 11.4. The van der Waals surface area contributed by atoms with E-state index in [-0.39, 0.29) is 6.54 Å². The molecule has 5 heteroatoms. The smallest absolute Gasteiger partial charge is 0.147 e. The molecule has 3 nitrogen and oxygen atoms in total. The molecule has 0 fully saturated rings. The Bertz CT molecular complexity index is 529. The Morgan fingerprint density at radius 1 is 1.18 bits per heavy atom. The predicted octanol–water partition coefficient (Wildman–Crippen LogP) is 2.68. The van der Waals surface area contributed by atoms with Crippen LogP contribution in [0.25, 0.3) is 0 Å². The lowest BCUT2D eigenvalue weighted by atomic mass is 10.2. The van der Waals surface area contributed by atoms with Gasteiger partial charge < -0.3 is 5.32 Å². The normalized spacial score (nSPS) is 10.3. The Hall–Kier alpha value is -2.04. The first-order valence-corrected chi connectivity index (χ1v) is 5.12. The number of halogens is 2. The van der Waals surface area contributed by atoms with Crippen LogP contribution in [0.3, 0.4) is 0 Å². The summed E-state index contributed by atoms with van der Waals surface area (Å²) in [6.45, 7) is 2.04. The molecule has 88 valence electrons. The van der Waals surface area contributed by atoms with Crippen LogP contribution in [0.1, 0.15) is 11.3 Å². The van der Waals surface area contributed by atoms with Crippen molar-refractivity contribution in [1.29, 1.82) is 0 Å². The average molecular weight is 235 g/mol. The summed E-state index contributed by atoms with van der Waals surface area (Å²) in [5.74, 6) is -0.558. The Morgan fingerprint density at radius 2 is 1.94 bits per heavy atom. The van der Waals surface area contributed by atoms with Crippen LogP contribution in [0, 0.1) is 18.6 Å². The predicted molar refractivity (Wildman–Crippen MR) is 60.5 cm³/mol. The SMILES string of the molecule is Cc1nccnc1NCc1ccc(F)cc1F. The summed E-state index contributed by atoms with van der Waals surface area (Å²) in [5, 5.41) is 2.95. The Kier molecular flexibility index (Phi) is 3.27. The molecular formula is C12H11F2N3. The molecule has 1 aromatic carbocycles. The van der Waals surface area contributed by atoms with E-state index in [0.717, 1.165) is 11.8 Å². The van der Waals surface area contributed by atoms with Gasteiger partial charge in [-0.3, -0.25) is 4.98 Å². The van der Waals surface area contributed by atoms with E-state index in [1.165, 1.54) is 12.1 Å². The third-order valence-corrected chi connectivity index (χ3v) is 2.34. The van der Waals surface area contributed by atoms with Crippen LogP contribution in [-0.2, 0) is 6.54 Å². The Labute approximate surface area is 97.5 Å². The highest BCUT2D eigenvalue weighted by Crippen LogP contribution is 2.12.